The van der Waals surface area contributed by atoms with E-state index < -0.39 is 0 Å². The summed E-state index contributed by atoms with van der Waals surface area (Å²) in [6.07, 6.45) is 6.60. The minimum absolute atomic E-state index is 0.745. The van der Waals surface area contributed by atoms with Crippen LogP contribution in [-0.4, -0.2) is 13.1 Å². The Morgan fingerprint density at radius 3 is 2.14 bits per heavy atom. The van der Waals surface area contributed by atoms with E-state index in [0.717, 1.165) is 23.5 Å². The summed E-state index contributed by atoms with van der Waals surface area (Å²) < 4.78 is 0.767. The van der Waals surface area contributed by atoms with E-state index >= 15 is 0 Å². The maximum Gasteiger partial charge on any atom is 0.182 e. The first kappa shape index (κ1) is 10.3. The Morgan fingerprint density at radius 2 is 1.71 bits per heavy atom. The van der Waals surface area contributed by atoms with Crippen LogP contribution in [-0.2, 0) is 0 Å². The van der Waals surface area contributed by atoms with Crippen molar-refractivity contribution in [2.24, 2.45) is 0 Å². The van der Waals surface area contributed by atoms with E-state index in [0.29, 0.717) is 0 Å². The molecular formula is C11H14N2O. The molecule has 0 aromatic carbocycles. The molecule has 0 fully saturated rings. The van der Waals surface area contributed by atoms with Gasteiger partial charge in [0.2, 0.25) is 0 Å². The number of rotatable bonds is 5. The SMILES string of the molecule is C=CCN(CC=C)c1cc[n+]([O-])cc1. The second-order valence-electron chi connectivity index (χ2n) is 2.90. The highest BCUT2D eigenvalue weighted by atomic mass is 16.5. The fourth-order valence-electron chi connectivity index (χ4n) is 1.21. The topological polar surface area (TPSA) is 30.2 Å². The molecule has 14 heavy (non-hydrogen) atoms. The van der Waals surface area contributed by atoms with Crippen LogP contribution in [0.4, 0.5) is 5.69 Å². The Kier molecular flexibility index (Phi) is 3.73. The Bertz CT molecular complexity index is 296. The van der Waals surface area contributed by atoms with Crippen LogP contribution in [0.5, 0.6) is 0 Å². The molecule has 0 spiro atoms. The van der Waals surface area contributed by atoms with E-state index in [2.05, 4.69) is 18.1 Å². The summed E-state index contributed by atoms with van der Waals surface area (Å²) in [5, 5.41) is 10.8. The summed E-state index contributed by atoms with van der Waals surface area (Å²) in [5.41, 5.74) is 0.997. The van der Waals surface area contributed by atoms with Gasteiger partial charge in [-0.15, -0.1) is 13.2 Å². The van der Waals surface area contributed by atoms with Gasteiger partial charge in [-0.05, 0) is 0 Å². The van der Waals surface area contributed by atoms with Crippen LogP contribution in [0.15, 0.2) is 49.8 Å². The number of anilines is 1. The van der Waals surface area contributed by atoms with E-state index in [4.69, 9.17) is 0 Å². The Labute approximate surface area is 84.2 Å². The summed E-state index contributed by atoms with van der Waals surface area (Å²) in [6, 6.07) is 3.56. The van der Waals surface area contributed by atoms with Crippen LogP contribution in [0.1, 0.15) is 0 Å². The Morgan fingerprint density at radius 1 is 1.21 bits per heavy atom. The van der Waals surface area contributed by atoms with Crippen molar-refractivity contribution in [2.75, 3.05) is 18.0 Å². The van der Waals surface area contributed by atoms with Crippen molar-refractivity contribution in [3.05, 3.63) is 55.0 Å². The lowest BCUT2D eigenvalue weighted by atomic mass is 10.3. The summed E-state index contributed by atoms with van der Waals surface area (Å²) >= 11 is 0. The predicted molar refractivity (Wildman–Crippen MR) is 58.0 cm³/mol. The predicted octanol–water partition coefficient (Wildman–Crippen LogP) is 1.50. The maximum atomic E-state index is 10.8. The van der Waals surface area contributed by atoms with Gasteiger partial charge >= 0.3 is 0 Å². The molecular weight excluding hydrogens is 176 g/mol. The normalized spacial score (nSPS) is 9.43. The zero-order valence-corrected chi connectivity index (χ0v) is 8.10. The first-order chi connectivity index (χ1) is 6.77. The molecule has 0 amide bonds. The average Bonchev–Trinajstić information content (AvgIpc) is 2.19. The van der Waals surface area contributed by atoms with Crippen molar-refractivity contribution < 1.29 is 4.73 Å². The minimum Gasteiger partial charge on any atom is -0.619 e. The quantitative estimate of drug-likeness (QED) is 0.400. The van der Waals surface area contributed by atoms with Gasteiger partial charge in [-0.1, -0.05) is 12.2 Å². The molecule has 1 heterocycles. The van der Waals surface area contributed by atoms with Crippen LogP contribution in [0.25, 0.3) is 0 Å². The summed E-state index contributed by atoms with van der Waals surface area (Å²) in [4.78, 5) is 2.07. The van der Waals surface area contributed by atoms with Gasteiger partial charge in [0, 0.05) is 30.9 Å². The number of nitrogens with zero attached hydrogens (tertiary/aromatic N) is 2. The largest absolute Gasteiger partial charge is 0.619 e. The fraction of sp³-hybridized carbons (Fsp3) is 0.182. The van der Waals surface area contributed by atoms with E-state index in [1.165, 1.54) is 12.4 Å². The average molecular weight is 190 g/mol. The third-order valence-electron chi connectivity index (χ3n) is 1.85. The van der Waals surface area contributed by atoms with Crippen molar-refractivity contribution in [3.63, 3.8) is 0 Å². The molecule has 1 aromatic rings. The molecule has 3 heteroatoms. The van der Waals surface area contributed by atoms with Crippen molar-refractivity contribution in [2.45, 2.75) is 0 Å². The smallest absolute Gasteiger partial charge is 0.182 e. The minimum atomic E-state index is 0.745. The van der Waals surface area contributed by atoms with Crippen LogP contribution < -0.4 is 9.63 Å². The van der Waals surface area contributed by atoms with Gasteiger partial charge in [-0.25, -0.2) is 0 Å². The lowest BCUT2D eigenvalue weighted by Crippen LogP contribution is -2.27. The highest BCUT2D eigenvalue weighted by Gasteiger charge is 2.02. The number of aromatic nitrogens is 1. The number of hydrogen-bond donors (Lipinski definition) is 0. The van der Waals surface area contributed by atoms with E-state index in [1.807, 2.05) is 12.2 Å². The van der Waals surface area contributed by atoms with Crippen LogP contribution >= 0.6 is 0 Å². The molecule has 0 unspecified atom stereocenters. The third kappa shape index (κ3) is 2.62. The van der Waals surface area contributed by atoms with Crippen LogP contribution in [0.3, 0.4) is 0 Å². The van der Waals surface area contributed by atoms with Crippen LogP contribution in [0, 0.1) is 5.21 Å². The second kappa shape index (κ2) is 5.07. The molecule has 1 rings (SSSR count). The van der Waals surface area contributed by atoms with E-state index in [-0.39, 0.29) is 0 Å². The first-order valence-electron chi connectivity index (χ1n) is 4.43. The van der Waals surface area contributed by atoms with E-state index in [1.54, 1.807) is 12.1 Å². The second-order valence-corrected chi connectivity index (χ2v) is 2.90. The molecule has 0 aliphatic rings. The molecule has 0 atom stereocenters. The first-order valence-corrected chi connectivity index (χ1v) is 4.43. The molecule has 0 aliphatic carbocycles. The summed E-state index contributed by atoms with van der Waals surface area (Å²) in [6.45, 7) is 8.86. The lowest BCUT2D eigenvalue weighted by molar-refractivity contribution is -0.605. The molecule has 0 saturated carbocycles. The Hall–Kier alpha value is -1.77. The van der Waals surface area contributed by atoms with Gasteiger partial charge in [0.25, 0.3) is 0 Å². The van der Waals surface area contributed by atoms with E-state index in [9.17, 15) is 5.21 Å². The monoisotopic (exact) mass is 190 g/mol. The number of hydrogen-bond acceptors (Lipinski definition) is 2. The highest BCUT2D eigenvalue weighted by molar-refractivity contribution is 5.45. The van der Waals surface area contributed by atoms with Crippen molar-refractivity contribution in [1.29, 1.82) is 0 Å². The van der Waals surface area contributed by atoms with Crippen molar-refractivity contribution in [3.8, 4) is 0 Å². The van der Waals surface area contributed by atoms with Crippen LogP contribution in [0.2, 0.25) is 0 Å². The van der Waals surface area contributed by atoms with Gasteiger partial charge < -0.3 is 10.1 Å². The van der Waals surface area contributed by atoms with Gasteiger partial charge in [0.05, 0.1) is 0 Å². The van der Waals surface area contributed by atoms with Crippen molar-refractivity contribution >= 4 is 5.69 Å². The van der Waals surface area contributed by atoms with Gasteiger partial charge in [0.15, 0.2) is 12.4 Å². The highest BCUT2D eigenvalue weighted by Crippen LogP contribution is 2.10. The molecule has 3 nitrogen and oxygen atoms in total. The summed E-state index contributed by atoms with van der Waals surface area (Å²) in [7, 11) is 0. The summed E-state index contributed by atoms with van der Waals surface area (Å²) in [5.74, 6) is 0. The lowest BCUT2D eigenvalue weighted by Gasteiger charge is -2.20. The van der Waals surface area contributed by atoms with Gasteiger partial charge in [-0.3, -0.25) is 0 Å². The molecule has 1 aromatic heterocycles. The molecule has 0 aliphatic heterocycles. The fourth-order valence-corrected chi connectivity index (χ4v) is 1.21. The van der Waals surface area contributed by atoms with Gasteiger partial charge in [-0.2, -0.15) is 4.73 Å². The Balaban J connectivity index is 2.80. The standard InChI is InChI=1S/C11H14N2O/c1-3-7-12(8-4-2)11-5-9-13(14)10-6-11/h3-6,9-10H,1-2,7-8H2. The zero-order valence-electron chi connectivity index (χ0n) is 8.10. The molecule has 0 radical (unpaired) electrons. The van der Waals surface area contributed by atoms with Gasteiger partial charge in [0.1, 0.15) is 0 Å². The zero-order chi connectivity index (χ0) is 10.4. The number of pyridine rings is 1. The third-order valence-corrected chi connectivity index (χ3v) is 1.85. The molecule has 0 saturated heterocycles. The molecule has 74 valence electrons. The molecule has 0 bridgehead atoms. The maximum absolute atomic E-state index is 10.8. The van der Waals surface area contributed by atoms with Crippen molar-refractivity contribution in [1.82, 2.24) is 0 Å². The molecule has 0 N–H and O–H groups in total.